The van der Waals surface area contributed by atoms with Gasteiger partial charge in [-0.15, -0.1) is 0 Å². The number of aliphatic hydroxyl groups is 1. The van der Waals surface area contributed by atoms with Gasteiger partial charge in [0.25, 0.3) is 0 Å². The molecule has 12 nitrogen and oxygen atoms in total. The Morgan fingerprint density at radius 3 is 2.44 bits per heavy atom. The Morgan fingerprint density at radius 2 is 1.79 bits per heavy atom. The third-order valence-corrected chi connectivity index (χ3v) is 7.23. The number of aliphatic hydroxyl groups excluding tert-OH is 1. The number of carbonyl (C=O) groups is 3. The third kappa shape index (κ3) is 9.91. The number of amides is 3. The maximum absolute atomic E-state index is 13.0. The van der Waals surface area contributed by atoms with Crippen LogP contribution < -0.4 is 10.6 Å². The van der Waals surface area contributed by atoms with Gasteiger partial charge in [-0.2, -0.15) is 0 Å². The largest absolute Gasteiger partial charge is 0.444 e. The fourth-order valence-electron chi connectivity index (χ4n) is 4.97. The summed E-state index contributed by atoms with van der Waals surface area (Å²) in [5, 5.41) is 15.3. The molecule has 2 aromatic rings. The number of anilines is 1. The standard InChI is InChI=1S/C31H42N4O8/c1-31(2,3)43-29(38)34-26-10-9-22(17-32-26)18-33-28(37)23-11-14-35(15-12-23)30(39)42-24-13-16-40-25(19-36)27(24)41-20-21-7-5-4-6-8-21/h4-10,17,23-25,27,36H,11-16,18-20H2,1-3H3,(H,33,37)(H,32,34,38)/t24-,25+,27+/m1/s1. The maximum atomic E-state index is 13.0. The van der Waals surface area contributed by atoms with Crippen LogP contribution in [-0.4, -0.2) is 83.3 Å². The molecular weight excluding hydrogens is 556 g/mol. The molecule has 234 valence electrons. The number of ether oxygens (including phenoxy) is 4. The van der Waals surface area contributed by atoms with Crippen molar-refractivity contribution in [2.75, 3.05) is 31.6 Å². The molecule has 1 aromatic carbocycles. The molecule has 0 spiro atoms. The van der Waals surface area contributed by atoms with E-state index >= 15 is 0 Å². The molecule has 0 aliphatic carbocycles. The second-order valence-electron chi connectivity index (χ2n) is 11.7. The number of carbonyl (C=O) groups excluding carboxylic acids is 3. The Hall–Kier alpha value is -3.74. The Kier molecular flexibility index (Phi) is 11.3. The lowest BCUT2D eigenvalue weighted by molar-refractivity contribution is -0.177. The van der Waals surface area contributed by atoms with E-state index in [-0.39, 0.29) is 18.4 Å². The number of pyridine rings is 1. The van der Waals surface area contributed by atoms with Gasteiger partial charge in [0.1, 0.15) is 29.7 Å². The van der Waals surface area contributed by atoms with Gasteiger partial charge in [-0.05, 0) is 50.8 Å². The first kappa shape index (κ1) is 32.2. The fraction of sp³-hybridized carbons (Fsp3) is 0.548. The minimum atomic E-state index is -0.611. The monoisotopic (exact) mass is 598 g/mol. The Morgan fingerprint density at radius 1 is 1.05 bits per heavy atom. The van der Waals surface area contributed by atoms with Crippen LogP contribution in [0.5, 0.6) is 0 Å². The highest BCUT2D eigenvalue weighted by atomic mass is 16.6. The summed E-state index contributed by atoms with van der Waals surface area (Å²) in [4.78, 5) is 43.6. The summed E-state index contributed by atoms with van der Waals surface area (Å²) in [6.45, 7) is 6.84. The van der Waals surface area contributed by atoms with Crippen LogP contribution in [0, 0.1) is 5.92 Å². The van der Waals surface area contributed by atoms with Crippen molar-refractivity contribution in [3.63, 3.8) is 0 Å². The van der Waals surface area contributed by atoms with Crippen molar-refractivity contribution in [2.24, 2.45) is 5.92 Å². The Balaban J connectivity index is 1.20. The van der Waals surface area contributed by atoms with E-state index in [0.717, 1.165) is 11.1 Å². The highest BCUT2D eigenvalue weighted by Gasteiger charge is 2.39. The number of rotatable bonds is 9. The molecule has 0 unspecified atom stereocenters. The molecule has 0 radical (unpaired) electrons. The van der Waals surface area contributed by atoms with Gasteiger partial charge in [0.15, 0.2) is 0 Å². The average molecular weight is 599 g/mol. The van der Waals surface area contributed by atoms with Gasteiger partial charge in [0.2, 0.25) is 5.91 Å². The molecule has 3 amide bonds. The number of likely N-dealkylation sites (tertiary alicyclic amines) is 1. The predicted octanol–water partition coefficient (Wildman–Crippen LogP) is 3.63. The van der Waals surface area contributed by atoms with Gasteiger partial charge in [-0.25, -0.2) is 14.6 Å². The van der Waals surface area contributed by atoms with Crippen LogP contribution in [0.15, 0.2) is 48.7 Å². The molecule has 3 atom stereocenters. The van der Waals surface area contributed by atoms with Gasteiger partial charge < -0.3 is 34.3 Å². The quantitative estimate of drug-likeness (QED) is 0.393. The zero-order valence-electron chi connectivity index (χ0n) is 25.0. The lowest BCUT2D eigenvalue weighted by Crippen LogP contribution is -2.51. The first-order chi connectivity index (χ1) is 20.6. The fourth-order valence-corrected chi connectivity index (χ4v) is 4.97. The molecule has 3 N–H and O–H groups in total. The molecule has 3 heterocycles. The third-order valence-electron chi connectivity index (χ3n) is 7.23. The summed E-state index contributed by atoms with van der Waals surface area (Å²) >= 11 is 0. The van der Waals surface area contributed by atoms with Crippen LogP contribution in [-0.2, 0) is 36.9 Å². The van der Waals surface area contributed by atoms with Crippen LogP contribution in [0.1, 0.15) is 51.2 Å². The van der Waals surface area contributed by atoms with Crippen molar-refractivity contribution in [2.45, 2.75) is 77.1 Å². The number of hydrogen-bond donors (Lipinski definition) is 3. The number of aromatic nitrogens is 1. The molecule has 2 fully saturated rings. The lowest BCUT2D eigenvalue weighted by atomic mass is 9.96. The minimum absolute atomic E-state index is 0.0893. The van der Waals surface area contributed by atoms with Crippen molar-refractivity contribution in [1.29, 1.82) is 0 Å². The van der Waals surface area contributed by atoms with Crippen LogP contribution in [0.2, 0.25) is 0 Å². The van der Waals surface area contributed by atoms with Crippen LogP contribution in [0.4, 0.5) is 15.4 Å². The van der Waals surface area contributed by atoms with Crippen molar-refractivity contribution in [1.82, 2.24) is 15.2 Å². The van der Waals surface area contributed by atoms with E-state index in [1.807, 2.05) is 30.3 Å². The number of nitrogens with one attached hydrogen (secondary N) is 2. The van der Waals surface area contributed by atoms with Crippen molar-refractivity contribution < 1.29 is 38.4 Å². The molecule has 12 heteroatoms. The van der Waals surface area contributed by atoms with E-state index < -0.39 is 36.1 Å². The van der Waals surface area contributed by atoms with E-state index in [2.05, 4.69) is 15.6 Å². The molecular formula is C31H42N4O8. The molecule has 1 aromatic heterocycles. The minimum Gasteiger partial charge on any atom is -0.444 e. The van der Waals surface area contributed by atoms with Crippen LogP contribution in [0.3, 0.4) is 0 Å². The number of hydrogen-bond acceptors (Lipinski definition) is 9. The number of nitrogens with zero attached hydrogens (tertiary/aromatic N) is 2. The van der Waals surface area contributed by atoms with E-state index in [4.69, 9.17) is 18.9 Å². The predicted molar refractivity (Wildman–Crippen MR) is 157 cm³/mol. The van der Waals surface area contributed by atoms with Gasteiger partial charge in [0.05, 0.1) is 19.8 Å². The van der Waals surface area contributed by atoms with Gasteiger partial charge >= 0.3 is 12.2 Å². The van der Waals surface area contributed by atoms with E-state index in [9.17, 15) is 19.5 Å². The van der Waals surface area contributed by atoms with E-state index in [0.29, 0.717) is 57.9 Å². The maximum Gasteiger partial charge on any atom is 0.413 e. The second-order valence-corrected chi connectivity index (χ2v) is 11.7. The first-order valence-electron chi connectivity index (χ1n) is 14.7. The van der Waals surface area contributed by atoms with E-state index in [1.54, 1.807) is 44.0 Å². The first-order valence-corrected chi connectivity index (χ1v) is 14.7. The smallest absolute Gasteiger partial charge is 0.413 e. The van der Waals surface area contributed by atoms with Crippen molar-refractivity contribution in [3.8, 4) is 0 Å². The topological polar surface area (TPSA) is 149 Å². The van der Waals surface area contributed by atoms with Gasteiger partial charge in [-0.1, -0.05) is 36.4 Å². The zero-order chi connectivity index (χ0) is 30.8. The molecule has 2 aliphatic heterocycles. The highest BCUT2D eigenvalue weighted by Crippen LogP contribution is 2.25. The Labute approximate surface area is 252 Å². The summed E-state index contributed by atoms with van der Waals surface area (Å²) in [7, 11) is 0. The SMILES string of the molecule is CC(C)(C)OC(=O)Nc1ccc(CNC(=O)C2CCN(C(=O)O[C@@H]3CCO[C@@H](CO)[C@H]3OCc3ccccc3)CC2)cn1. The second kappa shape index (κ2) is 15.1. The summed E-state index contributed by atoms with van der Waals surface area (Å²) in [5.41, 5.74) is 1.14. The number of piperidine rings is 1. The lowest BCUT2D eigenvalue weighted by Gasteiger charge is -2.38. The van der Waals surface area contributed by atoms with Gasteiger partial charge in [-0.3, -0.25) is 10.1 Å². The van der Waals surface area contributed by atoms with Crippen molar-refractivity contribution >= 4 is 23.9 Å². The van der Waals surface area contributed by atoms with Crippen molar-refractivity contribution in [3.05, 3.63) is 59.8 Å². The average Bonchev–Trinajstić information content (AvgIpc) is 2.99. The zero-order valence-corrected chi connectivity index (χ0v) is 25.0. The summed E-state index contributed by atoms with van der Waals surface area (Å²) in [5.74, 6) is 0.0350. The normalized spacial score (nSPS) is 21.1. The summed E-state index contributed by atoms with van der Waals surface area (Å²) in [6.07, 6.45) is 0.296. The molecule has 43 heavy (non-hydrogen) atoms. The van der Waals surface area contributed by atoms with Crippen LogP contribution in [0.25, 0.3) is 0 Å². The molecule has 0 saturated carbocycles. The molecule has 2 aliphatic rings. The summed E-state index contributed by atoms with van der Waals surface area (Å²) in [6, 6.07) is 13.1. The molecule has 2 saturated heterocycles. The number of benzene rings is 1. The molecule has 4 rings (SSSR count). The van der Waals surface area contributed by atoms with Gasteiger partial charge in [0, 0.05) is 38.2 Å². The Bertz CT molecular complexity index is 1200. The van der Waals surface area contributed by atoms with Crippen LogP contribution >= 0.6 is 0 Å². The van der Waals surface area contributed by atoms with E-state index in [1.165, 1.54) is 0 Å². The summed E-state index contributed by atoms with van der Waals surface area (Å²) < 4.78 is 22.8. The highest BCUT2D eigenvalue weighted by molar-refractivity contribution is 5.83. The molecule has 0 bridgehead atoms.